The molecule has 1 unspecified atom stereocenters. The molecule has 0 N–H and O–H groups in total. The van der Waals surface area contributed by atoms with Gasteiger partial charge in [0.25, 0.3) is 0 Å². The van der Waals surface area contributed by atoms with Crippen molar-refractivity contribution in [3.05, 3.63) is 64.7 Å². The monoisotopic (exact) mass is 361 g/mol. The lowest BCUT2D eigenvalue weighted by atomic mass is 10.0. The number of alkyl halides is 4. The van der Waals surface area contributed by atoms with Crippen LogP contribution in [0.2, 0.25) is 0 Å². The molecular formula is C15H12BrF4N. The summed E-state index contributed by atoms with van der Waals surface area (Å²) in [7, 11) is 0. The van der Waals surface area contributed by atoms with Crippen LogP contribution in [0.25, 0.3) is 0 Å². The van der Waals surface area contributed by atoms with E-state index >= 15 is 0 Å². The van der Waals surface area contributed by atoms with Crippen LogP contribution >= 0.6 is 15.9 Å². The van der Waals surface area contributed by atoms with Gasteiger partial charge in [-0.05, 0) is 36.8 Å². The summed E-state index contributed by atoms with van der Waals surface area (Å²) in [6, 6.07) is 6.04. The van der Waals surface area contributed by atoms with Crippen LogP contribution in [-0.4, -0.2) is 4.98 Å². The standard InChI is InChI=1S/C15H12BrF4N/c1-9-2-4-11(21-8-9)7-13(16)12-6-10(15(18,19)20)3-5-14(12)17/h2-6,8,13H,7H2,1H3. The van der Waals surface area contributed by atoms with E-state index in [0.29, 0.717) is 12.1 Å². The average Bonchev–Trinajstić information content (AvgIpc) is 2.40. The van der Waals surface area contributed by atoms with Gasteiger partial charge in [-0.15, -0.1) is 0 Å². The van der Waals surface area contributed by atoms with E-state index in [2.05, 4.69) is 20.9 Å². The lowest BCUT2D eigenvalue weighted by Gasteiger charge is -2.14. The zero-order chi connectivity index (χ0) is 15.6. The number of halogens is 5. The van der Waals surface area contributed by atoms with Gasteiger partial charge in [0.2, 0.25) is 0 Å². The number of benzene rings is 1. The number of nitrogens with zero attached hydrogens (tertiary/aromatic N) is 1. The lowest BCUT2D eigenvalue weighted by molar-refractivity contribution is -0.137. The quantitative estimate of drug-likeness (QED) is 0.539. The minimum Gasteiger partial charge on any atom is -0.261 e. The van der Waals surface area contributed by atoms with Crippen molar-refractivity contribution in [1.29, 1.82) is 0 Å². The van der Waals surface area contributed by atoms with E-state index < -0.39 is 22.4 Å². The molecule has 0 spiro atoms. The molecule has 0 aliphatic rings. The number of rotatable bonds is 3. The predicted molar refractivity (Wildman–Crippen MR) is 75.7 cm³/mol. The van der Waals surface area contributed by atoms with Crippen LogP contribution in [0.4, 0.5) is 17.6 Å². The Labute approximate surface area is 128 Å². The van der Waals surface area contributed by atoms with Crippen LogP contribution in [-0.2, 0) is 12.6 Å². The molecule has 1 heterocycles. The average molecular weight is 362 g/mol. The number of pyridine rings is 1. The Morgan fingerprint density at radius 3 is 2.48 bits per heavy atom. The van der Waals surface area contributed by atoms with Crippen LogP contribution in [0.15, 0.2) is 36.5 Å². The van der Waals surface area contributed by atoms with Crippen LogP contribution in [0.1, 0.15) is 27.2 Å². The summed E-state index contributed by atoms with van der Waals surface area (Å²) < 4.78 is 51.8. The molecule has 0 aliphatic carbocycles. The molecule has 6 heteroatoms. The molecule has 0 radical (unpaired) electrons. The van der Waals surface area contributed by atoms with E-state index in [1.54, 1.807) is 12.3 Å². The maximum Gasteiger partial charge on any atom is 0.416 e. The molecule has 0 saturated carbocycles. The molecule has 1 atom stereocenters. The van der Waals surface area contributed by atoms with Gasteiger partial charge < -0.3 is 0 Å². The van der Waals surface area contributed by atoms with Crippen LogP contribution in [0, 0.1) is 12.7 Å². The van der Waals surface area contributed by atoms with Crippen molar-refractivity contribution in [3.63, 3.8) is 0 Å². The van der Waals surface area contributed by atoms with Gasteiger partial charge in [-0.2, -0.15) is 13.2 Å². The first-order valence-corrected chi connectivity index (χ1v) is 7.11. The predicted octanol–water partition coefficient (Wildman–Crippen LogP) is 5.23. The van der Waals surface area contributed by atoms with E-state index in [1.165, 1.54) is 0 Å². The Morgan fingerprint density at radius 2 is 1.90 bits per heavy atom. The molecule has 0 saturated heterocycles. The first-order chi connectivity index (χ1) is 9.77. The molecule has 0 fully saturated rings. The van der Waals surface area contributed by atoms with Gasteiger partial charge in [-0.3, -0.25) is 4.98 Å². The third kappa shape index (κ3) is 4.03. The summed E-state index contributed by atoms with van der Waals surface area (Å²) in [5, 5.41) is 0. The molecule has 0 bridgehead atoms. The highest BCUT2D eigenvalue weighted by Gasteiger charge is 2.31. The topological polar surface area (TPSA) is 12.9 Å². The van der Waals surface area contributed by atoms with Gasteiger partial charge in [0.05, 0.1) is 5.56 Å². The van der Waals surface area contributed by atoms with E-state index in [-0.39, 0.29) is 5.56 Å². The third-order valence-electron chi connectivity index (χ3n) is 3.02. The van der Waals surface area contributed by atoms with Crippen molar-refractivity contribution >= 4 is 15.9 Å². The first-order valence-electron chi connectivity index (χ1n) is 6.19. The van der Waals surface area contributed by atoms with Crippen molar-refractivity contribution in [1.82, 2.24) is 4.98 Å². The second kappa shape index (κ2) is 6.13. The number of hydrogen-bond donors (Lipinski definition) is 0. The fourth-order valence-electron chi connectivity index (χ4n) is 1.87. The number of aromatic nitrogens is 1. The van der Waals surface area contributed by atoms with Crippen molar-refractivity contribution in [2.24, 2.45) is 0 Å². The highest BCUT2D eigenvalue weighted by Crippen LogP contribution is 2.35. The summed E-state index contributed by atoms with van der Waals surface area (Å²) >= 11 is 3.25. The van der Waals surface area contributed by atoms with Gasteiger partial charge in [-0.1, -0.05) is 22.0 Å². The molecular weight excluding hydrogens is 350 g/mol. The summed E-state index contributed by atoms with van der Waals surface area (Å²) in [5.74, 6) is -0.669. The van der Waals surface area contributed by atoms with Gasteiger partial charge in [0, 0.05) is 28.7 Å². The third-order valence-corrected chi connectivity index (χ3v) is 3.84. The van der Waals surface area contributed by atoms with Gasteiger partial charge in [0.1, 0.15) is 5.82 Å². The SMILES string of the molecule is Cc1ccc(CC(Br)c2cc(C(F)(F)F)ccc2F)nc1. The molecule has 1 nitrogen and oxygen atoms in total. The highest BCUT2D eigenvalue weighted by molar-refractivity contribution is 9.09. The van der Waals surface area contributed by atoms with Gasteiger partial charge >= 0.3 is 6.18 Å². The van der Waals surface area contributed by atoms with Crippen molar-refractivity contribution in [2.75, 3.05) is 0 Å². The second-order valence-corrected chi connectivity index (χ2v) is 5.84. The minimum atomic E-state index is -4.49. The van der Waals surface area contributed by atoms with E-state index in [4.69, 9.17) is 0 Å². The molecule has 21 heavy (non-hydrogen) atoms. The van der Waals surface area contributed by atoms with E-state index in [1.807, 2.05) is 13.0 Å². The Balaban J connectivity index is 2.26. The second-order valence-electron chi connectivity index (χ2n) is 4.73. The molecule has 2 rings (SSSR count). The molecule has 112 valence electrons. The van der Waals surface area contributed by atoms with Gasteiger partial charge in [-0.25, -0.2) is 4.39 Å². The van der Waals surface area contributed by atoms with Crippen LogP contribution in [0.5, 0.6) is 0 Å². The largest absolute Gasteiger partial charge is 0.416 e. The fraction of sp³-hybridized carbons (Fsp3) is 0.267. The molecule has 1 aromatic heterocycles. The summed E-state index contributed by atoms with van der Waals surface area (Å²) in [6.07, 6.45) is -2.52. The summed E-state index contributed by atoms with van der Waals surface area (Å²) in [4.78, 5) is 3.60. The summed E-state index contributed by atoms with van der Waals surface area (Å²) in [6.45, 7) is 1.88. The van der Waals surface area contributed by atoms with E-state index in [0.717, 1.165) is 23.8 Å². The molecule has 2 aromatic rings. The first kappa shape index (κ1) is 15.9. The smallest absolute Gasteiger partial charge is 0.261 e. The Bertz CT molecular complexity index is 623. The zero-order valence-electron chi connectivity index (χ0n) is 11.1. The maximum absolute atomic E-state index is 13.8. The molecule has 0 aliphatic heterocycles. The Kier molecular flexibility index (Phi) is 4.66. The van der Waals surface area contributed by atoms with Crippen molar-refractivity contribution in [2.45, 2.75) is 24.3 Å². The van der Waals surface area contributed by atoms with Crippen LogP contribution < -0.4 is 0 Å². The zero-order valence-corrected chi connectivity index (χ0v) is 12.7. The summed E-state index contributed by atoms with van der Waals surface area (Å²) in [5.41, 5.74) is 0.779. The normalized spacial score (nSPS) is 13.2. The van der Waals surface area contributed by atoms with Crippen LogP contribution in [0.3, 0.4) is 0 Å². The Morgan fingerprint density at radius 1 is 1.19 bits per heavy atom. The van der Waals surface area contributed by atoms with Crippen molar-refractivity contribution in [3.8, 4) is 0 Å². The van der Waals surface area contributed by atoms with E-state index in [9.17, 15) is 17.6 Å². The maximum atomic E-state index is 13.8. The minimum absolute atomic E-state index is 0.0211. The Hall–Kier alpha value is -1.43. The van der Waals surface area contributed by atoms with Gasteiger partial charge in [0.15, 0.2) is 0 Å². The number of aryl methyl sites for hydroxylation is 1. The lowest BCUT2D eigenvalue weighted by Crippen LogP contribution is -2.08. The number of hydrogen-bond acceptors (Lipinski definition) is 1. The van der Waals surface area contributed by atoms with Crippen molar-refractivity contribution < 1.29 is 17.6 Å². The fourth-order valence-corrected chi connectivity index (χ4v) is 2.56. The molecule has 1 aromatic carbocycles. The highest BCUT2D eigenvalue weighted by atomic mass is 79.9. The molecule has 0 amide bonds.